The van der Waals surface area contributed by atoms with Crippen molar-refractivity contribution in [2.24, 2.45) is 5.73 Å². The molecule has 0 saturated carbocycles. The lowest BCUT2D eigenvalue weighted by Gasteiger charge is -2.16. The van der Waals surface area contributed by atoms with Crippen LogP contribution in [-0.4, -0.2) is 24.6 Å². The molecule has 0 spiro atoms. The zero-order valence-electron chi connectivity index (χ0n) is 10.9. The second kappa shape index (κ2) is 4.56. The van der Waals surface area contributed by atoms with Gasteiger partial charge in [-0.05, 0) is 23.6 Å². The minimum atomic E-state index is -3.32. The van der Waals surface area contributed by atoms with Crippen LogP contribution in [-0.2, 0) is 9.84 Å². The Hall–Kier alpha value is -2.41. The van der Waals surface area contributed by atoms with E-state index in [2.05, 4.69) is 0 Å². The lowest BCUT2D eigenvalue weighted by atomic mass is 10.1. The summed E-state index contributed by atoms with van der Waals surface area (Å²) in [6.45, 7) is 0. The van der Waals surface area contributed by atoms with Crippen molar-refractivity contribution >= 4 is 26.6 Å². The van der Waals surface area contributed by atoms with Crippen LogP contribution in [0.3, 0.4) is 0 Å². The lowest BCUT2D eigenvalue weighted by molar-refractivity contribution is 0.0998. The molecule has 0 saturated heterocycles. The highest BCUT2D eigenvalue weighted by atomic mass is 32.2. The van der Waals surface area contributed by atoms with E-state index in [1.54, 1.807) is 24.3 Å². The average molecular weight is 304 g/mol. The monoisotopic (exact) mass is 304 g/mol. The van der Waals surface area contributed by atoms with Gasteiger partial charge in [-0.25, -0.2) is 8.42 Å². The van der Waals surface area contributed by atoms with Gasteiger partial charge in [0.25, 0.3) is 11.5 Å². The summed E-state index contributed by atoms with van der Waals surface area (Å²) in [7, 11) is -3.32. The topological polar surface area (TPSA) is 99.2 Å². The molecule has 1 aromatic carbocycles. The smallest absolute Gasteiger partial charge is 0.264 e. The number of carbonyl (C=O) groups is 1. The molecule has 2 aromatic rings. The Morgan fingerprint density at radius 3 is 2.62 bits per heavy atom. The van der Waals surface area contributed by atoms with Gasteiger partial charge in [0, 0.05) is 5.41 Å². The van der Waals surface area contributed by atoms with E-state index >= 15 is 0 Å². The first-order valence-corrected chi connectivity index (χ1v) is 7.96. The van der Waals surface area contributed by atoms with Gasteiger partial charge in [0.1, 0.15) is 5.56 Å². The van der Waals surface area contributed by atoms with Crippen molar-refractivity contribution < 1.29 is 13.2 Å². The Bertz CT molecular complexity index is 941. The summed E-state index contributed by atoms with van der Waals surface area (Å²) in [5.41, 5.74) is 5.08. The molecule has 2 heterocycles. The Kier molecular flexibility index (Phi) is 2.94. The normalized spacial score (nSPS) is 19.9. The molecule has 0 bridgehead atoms. The number of sulfone groups is 1. The van der Waals surface area contributed by atoms with Gasteiger partial charge in [-0.2, -0.15) is 0 Å². The van der Waals surface area contributed by atoms with Crippen molar-refractivity contribution in [3.8, 4) is 0 Å². The van der Waals surface area contributed by atoms with Crippen molar-refractivity contribution in [1.82, 2.24) is 4.57 Å². The molecule has 0 fully saturated rings. The zero-order chi connectivity index (χ0) is 15.2. The quantitative estimate of drug-likeness (QED) is 0.877. The standard InChI is InChI=1S/C14H12N2O4S/c15-13(17)11-7-9-3-1-2-4-12(9)16(14(11)18)10-5-6-21(19,20)8-10/h1-7,10H,8H2,(H2,15,17). The second-order valence-electron chi connectivity index (χ2n) is 4.88. The number of aromatic nitrogens is 1. The number of fused-ring (bicyclic) bond motifs is 1. The molecular formula is C14H12N2O4S. The largest absolute Gasteiger partial charge is 0.365 e. The van der Waals surface area contributed by atoms with E-state index in [0.717, 1.165) is 5.41 Å². The van der Waals surface area contributed by atoms with Crippen LogP contribution in [0, 0.1) is 0 Å². The van der Waals surface area contributed by atoms with E-state index in [9.17, 15) is 18.0 Å². The number of amides is 1. The van der Waals surface area contributed by atoms with Gasteiger partial charge >= 0.3 is 0 Å². The van der Waals surface area contributed by atoms with Crippen LogP contribution in [0.25, 0.3) is 10.9 Å². The fourth-order valence-corrected chi connectivity index (χ4v) is 3.78. The van der Waals surface area contributed by atoms with Gasteiger partial charge in [-0.15, -0.1) is 0 Å². The number of nitrogens with zero attached hydrogens (tertiary/aromatic N) is 1. The maximum Gasteiger partial charge on any atom is 0.264 e. The molecule has 1 amide bonds. The van der Waals surface area contributed by atoms with Crippen LogP contribution >= 0.6 is 0 Å². The summed E-state index contributed by atoms with van der Waals surface area (Å²) in [5, 5.41) is 1.75. The van der Waals surface area contributed by atoms with E-state index in [0.29, 0.717) is 10.9 Å². The SMILES string of the molecule is NC(=O)c1cc2ccccc2n(C2C=CS(=O)(=O)C2)c1=O. The fourth-order valence-electron chi connectivity index (χ4n) is 2.51. The average Bonchev–Trinajstić information content (AvgIpc) is 2.77. The van der Waals surface area contributed by atoms with E-state index < -0.39 is 27.3 Å². The van der Waals surface area contributed by atoms with E-state index in [1.165, 1.54) is 16.7 Å². The first-order chi connectivity index (χ1) is 9.89. The highest BCUT2D eigenvalue weighted by Crippen LogP contribution is 2.23. The van der Waals surface area contributed by atoms with Crippen LogP contribution in [0.2, 0.25) is 0 Å². The van der Waals surface area contributed by atoms with E-state index in [4.69, 9.17) is 5.73 Å². The molecule has 3 rings (SSSR count). The lowest BCUT2D eigenvalue weighted by Crippen LogP contribution is -2.32. The highest BCUT2D eigenvalue weighted by molar-refractivity contribution is 7.94. The van der Waals surface area contributed by atoms with Crippen LogP contribution in [0.4, 0.5) is 0 Å². The van der Waals surface area contributed by atoms with Gasteiger partial charge in [-0.3, -0.25) is 14.2 Å². The highest BCUT2D eigenvalue weighted by Gasteiger charge is 2.26. The number of hydrogen-bond acceptors (Lipinski definition) is 4. The van der Waals surface area contributed by atoms with Crippen molar-refractivity contribution in [3.63, 3.8) is 0 Å². The molecule has 1 unspecified atom stereocenters. The number of pyridine rings is 1. The van der Waals surface area contributed by atoms with E-state index in [-0.39, 0.29) is 11.3 Å². The third-order valence-corrected chi connectivity index (χ3v) is 4.83. The van der Waals surface area contributed by atoms with Gasteiger partial charge in [0.2, 0.25) is 0 Å². The predicted octanol–water partition coefficient (Wildman–Crippen LogP) is 0.584. The maximum absolute atomic E-state index is 12.5. The number of primary amides is 1. The number of para-hydroxylation sites is 1. The molecule has 2 N–H and O–H groups in total. The molecule has 21 heavy (non-hydrogen) atoms. The third-order valence-electron chi connectivity index (χ3n) is 3.45. The van der Waals surface area contributed by atoms with Gasteiger partial charge in [0.05, 0.1) is 17.3 Å². The van der Waals surface area contributed by atoms with Crippen molar-refractivity contribution in [2.45, 2.75) is 6.04 Å². The molecule has 7 heteroatoms. The van der Waals surface area contributed by atoms with Gasteiger partial charge < -0.3 is 5.73 Å². The summed E-state index contributed by atoms with van der Waals surface area (Å²) < 4.78 is 24.5. The number of hydrogen-bond donors (Lipinski definition) is 1. The van der Waals surface area contributed by atoms with Gasteiger partial charge in [0.15, 0.2) is 9.84 Å². The van der Waals surface area contributed by atoms with Crippen LogP contribution in [0.5, 0.6) is 0 Å². The fraction of sp³-hybridized carbons (Fsp3) is 0.143. The first-order valence-electron chi connectivity index (χ1n) is 6.24. The molecule has 1 aliphatic heterocycles. The number of rotatable bonds is 2. The molecule has 1 aromatic heterocycles. The molecule has 1 atom stereocenters. The Labute approximate surface area is 120 Å². The van der Waals surface area contributed by atoms with Crippen LogP contribution < -0.4 is 11.3 Å². The second-order valence-corrected chi connectivity index (χ2v) is 6.81. The first kappa shape index (κ1) is 13.6. The molecule has 0 radical (unpaired) electrons. The Balaban J connectivity index is 2.35. The molecular weight excluding hydrogens is 292 g/mol. The summed E-state index contributed by atoms with van der Waals surface area (Å²) >= 11 is 0. The third kappa shape index (κ3) is 2.25. The summed E-state index contributed by atoms with van der Waals surface area (Å²) in [4.78, 5) is 23.9. The van der Waals surface area contributed by atoms with Gasteiger partial charge in [-0.1, -0.05) is 18.2 Å². The number of nitrogens with two attached hydrogens (primary N) is 1. The number of carbonyl (C=O) groups excluding carboxylic acids is 1. The zero-order valence-corrected chi connectivity index (χ0v) is 11.7. The predicted molar refractivity (Wildman–Crippen MR) is 78.7 cm³/mol. The molecule has 1 aliphatic rings. The van der Waals surface area contributed by atoms with Crippen molar-refractivity contribution in [1.29, 1.82) is 0 Å². The van der Waals surface area contributed by atoms with E-state index in [1.807, 2.05) is 0 Å². The van der Waals surface area contributed by atoms with Crippen LogP contribution in [0.1, 0.15) is 16.4 Å². The van der Waals surface area contributed by atoms with Crippen molar-refractivity contribution in [2.75, 3.05) is 5.75 Å². The molecule has 108 valence electrons. The number of benzene rings is 1. The maximum atomic E-state index is 12.5. The summed E-state index contributed by atoms with van der Waals surface area (Å²) in [5.74, 6) is -1.02. The van der Waals surface area contributed by atoms with Crippen molar-refractivity contribution in [3.05, 3.63) is 57.7 Å². The Morgan fingerprint density at radius 1 is 1.29 bits per heavy atom. The molecule has 0 aliphatic carbocycles. The summed E-state index contributed by atoms with van der Waals surface area (Å²) in [6, 6.07) is 7.76. The minimum absolute atomic E-state index is 0.147. The number of allylic oxidation sites excluding steroid dienone is 1. The summed E-state index contributed by atoms with van der Waals surface area (Å²) in [6.07, 6.45) is 1.45. The minimum Gasteiger partial charge on any atom is -0.365 e. The van der Waals surface area contributed by atoms with Crippen LogP contribution in [0.15, 0.2) is 46.6 Å². The molecule has 6 nitrogen and oxygen atoms in total. The Morgan fingerprint density at radius 2 is 2.00 bits per heavy atom.